The first-order chi connectivity index (χ1) is 11.1. The molecule has 0 saturated heterocycles. The summed E-state index contributed by atoms with van der Waals surface area (Å²) in [5.74, 6) is -0.196. The summed E-state index contributed by atoms with van der Waals surface area (Å²) in [6.07, 6.45) is 0. The first-order valence-electron chi connectivity index (χ1n) is 6.98. The van der Waals surface area contributed by atoms with Crippen molar-refractivity contribution in [3.8, 4) is 17.2 Å². The fourth-order valence-electron chi connectivity index (χ4n) is 2.04. The third kappa shape index (κ3) is 3.21. The van der Waals surface area contributed by atoms with Crippen LogP contribution >= 0.6 is 0 Å². The van der Waals surface area contributed by atoms with E-state index in [1.165, 1.54) is 6.07 Å². The van der Waals surface area contributed by atoms with Gasteiger partial charge in [0.2, 0.25) is 5.89 Å². The van der Waals surface area contributed by atoms with E-state index in [0.29, 0.717) is 11.5 Å². The highest BCUT2D eigenvalue weighted by molar-refractivity contribution is 5.92. The lowest BCUT2D eigenvalue weighted by molar-refractivity contribution is 0.0435. The minimum atomic E-state index is -0.648. The van der Waals surface area contributed by atoms with Crippen molar-refractivity contribution < 1.29 is 19.1 Å². The van der Waals surface area contributed by atoms with Gasteiger partial charge < -0.3 is 14.3 Å². The zero-order chi connectivity index (χ0) is 16.2. The molecule has 0 amide bonds. The molecule has 3 rings (SSSR count). The third-order valence-corrected chi connectivity index (χ3v) is 3.27. The molecule has 0 bridgehead atoms. The van der Waals surface area contributed by atoms with E-state index in [4.69, 9.17) is 9.15 Å². The van der Waals surface area contributed by atoms with Crippen LogP contribution in [0, 0.1) is 6.92 Å². The summed E-state index contributed by atoms with van der Waals surface area (Å²) in [6.45, 7) is 1.54. The molecule has 0 aliphatic carbocycles. The van der Waals surface area contributed by atoms with Gasteiger partial charge in [0, 0.05) is 5.56 Å². The Morgan fingerprint density at radius 2 is 1.91 bits per heavy atom. The predicted octanol–water partition coefficient (Wildman–Crippen LogP) is 3.11. The number of carbonyl (C=O) groups is 1. The van der Waals surface area contributed by atoms with Crippen molar-refractivity contribution in [3.63, 3.8) is 0 Å². The Balaban J connectivity index is 1.68. The summed E-state index contributed by atoms with van der Waals surface area (Å²) < 4.78 is 10.6. The molecule has 0 saturated carbocycles. The summed E-state index contributed by atoms with van der Waals surface area (Å²) in [7, 11) is 0. The largest absolute Gasteiger partial charge is 0.507 e. The molecule has 2 aromatic carbocycles. The Labute approximate surface area is 132 Å². The summed E-state index contributed by atoms with van der Waals surface area (Å²) in [5, 5.41) is 17.6. The zero-order valence-electron chi connectivity index (χ0n) is 12.4. The Hall–Kier alpha value is -3.15. The van der Waals surface area contributed by atoms with Gasteiger partial charge in [0.05, 0.1) is 0 Å². The summed E-state index contributed by atoms with van der Waals surface area (Å²) in [4.78, 5) is 12.0. The van der Waals surface area contributed by atoms with Crippen LogP contribution < -0.4 is 0 Å². The maximum absolute atomic E-state index is 12.0. The van der Waals surface area contributed by atoms with E-state index in [1.54, 1.807) is 19.1 Å². The van der Waals surface area contributed by atoms with Gasteiger partial charge in [-0.15, -0.1) is 10.2 Å². The molecule has 0 aliphatic heterocycles. The van der Waals surface area contributed by atoms with Gasteiger partial charge in [-0.1, -0.05) is 30.3 Å². The molecular formula is C17H14N2O4. The molecule has 3 aromatic rings. The van der Waals surface area contributed by atoms with Gasteiger partial charge in [-0.25, -0.2) is 4.79 Å². The number of rotatable bonds is 4. The maximum Gasteiger partial charge on any atom is 0.342 e. The molecule has 1 heterocycles. The van der Waals surface area contributed by atoms with Gasteiger partial charge in [-0.05, 0) is 30.7 Å². The van der Waals surface area contributed by atoms with Crippen molar-refractivity contribution in [1.82, 2.24) is 10.2 Å². The molecule has 0 radical (unpaired) electrons. The topological polar surface area (TPSA) is 85.5 Å². The van der Waals surface area contributed by atoms with Crippen molar-refractivity contribution in [3.05, 3.63) is 65.5 Å². The molecule has 6 nitrogen and oxygen atoms in total. The van der Waals surface area contributed by atoms with Crippen LogP contribution in [0.25, 0.3) is 11.5 Å². The molecule has 0 aliphatic rings. The second-order valence-corrected chi connectivity index (χ2v) is 4.91. The van der Waals surface area contributed by atoms with E-state index in [2.05, 4.69) is 10.2 Å². The minimum Gasteiger partial charge on any atom is -0.507 e. The Morgan fingerprint density at radius 1 is 1.13 bits per heavy atom. The maximum atomic E-state index is 12.0. The lowest BCUT2D eigenvalue weighted by Crippen LogP contribution is -2.06. The second-order valence-electron chi connectivity index (χ2n) is 4.91. The molecule has 1 N–H and O–H groups in total. The Morgan fingerprint density at radius 3 is 2.70 bits per heavy atom. The van der Waals surface area contributed by atoms with Crippen molar-refractivity contribution in [1.29, 1.82) is 0 Å². The minimum absolute atomic E-state index is 0.0898. The van der Waals surface area contributed by atoms with Crippen LogP contribution in [0.1, 0.15) is 21.8 Å². The van der Waals surface area contributed by atoms with Crippen LogP contribution in [-0.2, 0) is 11.3 Å². The van der Waals surface area contributed by atoms with Crippen LogP contribution in [0.15, 0.2) is 52.9 Å². The molecule has 116 valence electrons. The number of para-hydroxylation sites is 1. The van der Waals surface area contributed by atoms with Crippen LogP contribution in [0.4, 0.5) is 0 Å². The average molecular weight is 310 g/mol. The normalized spacial score (nSPS) is 10.5. The van der Waals surface area contributed by atoms with Crippen molar-refractivity contribution in [2.75, 3.05) is 0 Å². The molecule has 0 atom stereocenters. The number of aromatic hydroxyl groups is 1. The fraction of sp³-hybridized carbons (Fsp3) is 0.118. The van der Waals surface area contributed by atoms with Crippen LogP contribution in [-0.4, -0.2) is 21.3 Å². The molecule has 0 fully saturated rings. The number of aromatic nitrogens is 2. The van der Waals surface area contributed by atoms with E-state index in [0.717, 1.165) is 5.56 Å². The fourth-order valence-corrected chi connectivity index (χ4v) is 2.04. The number of esters is 1. The number of hydrogen-bond acceptors (Lipinski definition) is 6. The Bertz CT molecular complexity index is 828. The van der Waals surface area contributed by atoms with Gasteiger partial charge in [-0.3, -0.25) is 0 Å². The number of phenolic OH excluding ortho intramolecular Hbond substituents is 1. The van der Waals surface area contributed by atoms with Crippen LogP contribution in [0.5, 0.6) is 5.75 Å². The van der Waals surface area contributed by atoms with E-state index >= 15 is 0 Å². The van der Waals surface area contributed by atoms with Crippen molar-refractivity contribution >= 4 is 5.97 Å². The van der Waals surface area contributed by atoms with Gasteiger partial charge >= 0.3 is 5.97 Å². The smallest absolute Gasteiger partial charge is 0.342 e. The van der Waals surface area contributed by atoms with Crippen LogP contribution in [0.3, 0.4) is 0 Å². The number of benzene rings is 2. The first-order valence-corrected chi connectivity index (χ1v) is 6.98. The van der Waals surface area contributed by atoms with Crippen molar-refractivity contribution in [2.24, 2.45) is 0 Å². The zero-order valence-corrected chi connectivity index (χ0v) is 12.4. The number of phenols is 1. The Kier molecular flexibility index (Phi) is 4.05. The van der Waals surface area contributed by atoms with E-state index < -0.39 is 5.97 Å². The quantitative estimate of drug-likeness (QED) is 0.745. The molecule has 1 aromatic heterocycles. The van der Waals surface area contributed by atoms with Gasteiger partial charge in [0.25, 0.3) is 5.89 Å². The molecular weight excluding hydrogens is 296 g/mol. The highest BCUT2D eigenvalue weighted by Gasteiger charge is 2.16. The molecule has 6 heteroatoms. The van der Waals surface area contributed by atoms with Gasteiger partial charge in [0.15, 0.2) is 6.61 Å². The second kappa shape index (κ2) is 6.31. The lowest BCUT2D eigenvalue weighted by atomic mass is 10.1. The lowest BCUT2D eigenvalue weighted by Gasteiger charge is -2.06. The van der Waals surface area contributed by atoms with E-state index in [-0.39, 0.29) is 23.8 Å². The monoisotopic (exact) mass is 310 g/mol. The van der Waals surface area contributed by atoms with Gasteiger partial charge in [-0.2, -0.15) is 0 Å². The standard InChI is InChI=1S/C17H14N2O4/c1-11-6-5-9-13(15(11)20)17(21)22-10-14-18-19-16(23-14)12-7-3-2-4-8-12/h2-9,20H,10H2,1H3. The highest BCUT2D eigenvalue weighted by atomic mass is 16.5. The van der Waals surface area contributed by atoms with E-state index in [9.17, 15) is 9.90 Å². The third-order valence-electron chi connectivity index (χ3n) is 3.27. The molecule has 0 spiro atoms. The number of hydrogen-bond donors (Lipinski definition) is 1. The molecule has 0 unspecified atom stereocenters. The predicted molar refractivity (Wildman–Crippen MR) is 81.7 cm³/mol. The highest BCUT2D eigenvalue weighted by Crippen LogP contribution is 2.23. The number of ether oxygens (including phenoxy) is 1. The summed E-state index contributed by atoms with van der Waals surface area (Å²) in [5.41, 5.74) is 1.49. The summed E-state index contributed by atoms with van der Waals surface area (Å²) in [6, 6.07) is 14.2. The summed E-state index contributed by atoms with van der Waals surface area (Å²) >= 11 is 0. The number of nitrogens with zero attached hydrogens (tertiary/aromatic N) is 2. The van der Waals surface area contributed by atoms with Crippen LogP contribution in [0.2, 0.25) is 0 Å². The van der Waals surface area contributed by atoms with Crippen molar-refractivity contribution in [2.45, 2.75) is 13.5 Å². The first kappa shape index (κ1) is 14.8. The SMILES string of the molecule is Cc1cccc(C(=O)OCc2nnc(-c3ccccc3)o2)c1O. The van der Waals surface area contributed by atoms with Gasteiger partial charge in [0.1, 0.15) is 11.3 Å². The average Bonchev–Trinajstić information content (AvgIpc) is 3.05. The molecule has 23 heavy (non-hydrogen) atoms. The van der Waals surface area contributed by atoms with E-state index in [1.807, 2.05) is 30.3 Å². The number of carbonyl (C=O) groups excluding carboxylic acids is 1. The number of aryl methyl sites for hydroxylation is 1.